The van der Waals surface area contributed by atoms with E-state index in [-0.39, 0.29) is 17.3 Å². The molecule has 1 unspecified atom stereocenters. The largest absolute Gasteiger partial charge is 0.573 e. The molecule has 38 heavy (non-hydrogen) atoms. The summed E-state index contributed by atoms with van der Waals surface area (Å²) < 4.78 is 48.1. The van der Waals surface area contributed by atoms with Crippen LogP contribution < -0.4 is 10.1 Å². The fourth-order valence-corrected chi connectivity index (χ4v) is 5.51. The van der Waals surface area contributed by atoms with E-state index in [2.05, 4.69) is 22.2 Å². The van der Waals surface area contributed by atoms with Gasteiger partial charge in [0, 0.05) is 18.1 Å². The molecule has 0 bridgehead atoms. The molecular weight excluding hydrogens is 517 g/mol. The van der Waals surface area contributed by atoms with Crippen LogP contribution in [-0.2, 0) is 21.7 Å². The molecule has 2 aliphatic heterocycles. The van der Waals surface area contributed by atoms with Gasteiger partial charge in [0.1, 0.15) is 5.75 Å². The molecule has 5 nitrogen and oxygen atoms in total. The maximum absolute atomic E-state index is 13.5. The van der Waals surface area contributed by atoms with Crippen LogP contribution in [0, 0.1) is 0 Å². The molecule has 1 saturated heterocycles. The van der Waals surface area contributed by atoms with Crippen LogP contribution in [0.4, 0.5) is 13.2 Å². The molecular formula is C29H28ClF3N2O3. The Kier molecular flexibility index (Phi) is 7.40. The van der Waals surface area contributed by atoms with E-state index in [1.165, 1.54) is 23.3 Å². The fourth-order valence-electron chi connectivity index (χ4n) is 5.38. The van der Waals surface area contributed by atoms with Crippen molar-refractivity contribution < 1.29 is 27.4 Å². The van der Waals surface area contributed by atoms with E-state index in [0.29, 0.717) is 30.3 Å². The molecule has 0 aromatic heterocycles. The zero-order valence-electron chi connectivity index (χ0n) is 20.8. The van der Waals surface area contributed by atoms with Gasteiger partial charge in [-0.2, -0.15) is 0 Å². The molecule has 5 rings (SSSR count). The Morgan fingerprint density at radius 2 is 1.61 bits per heavy atom. The number of alkyl halides is 3. The number of rotatable bonds is 6. The van der Waals surface area contributed by atoms with Crippen LogP contribution in [0.25, 0.3) is 0 Å². The second kappa shape index (κ2) is 10.6. The Balaban J connectivity index is 1.29. The van der Waals surface area contributed by atoms with Crippen LogP contribution in [-0.4, -0.2) is 36.3 Å². The molecule has 2 aliphatic rings. The Morgan fingerprint density at radius 1 is 1.00 bits per heavy atom. The van der Waals surface area contributed by atoms with Crippen LogP contribution in [0.2, 0.25) is 5.02 Å². The quantitative estimate of drug-likeness (QED) is 0.393. The number of nitrogens with one attached hydrogen (secondary N) is 1. The minimum absolute atomic E-state index is 0.0397. The van der Waals surface area contributed by atoms with Crippen molar-refractivity contribution >= 4 is 17.5 Å². The van der Waals surface area contributed by atoms with Crippen LogP contribution in [0.1, 0.15) is 48.1 Å². The van der Waals surface area contributed by atoms with Crippen molar-refractivity contribution in [2.75, 3.05) is 13.1 Å². The third kappa shape index (κ3) is 5.67. The summed E-state index contributed by atoms with van der Waals surface area (Å²) in [7, 11) is 0. The van der Waals surface area contributed by atoms with Gasteiger partial charge in [-0.15, -0.1) is 13.2 Å². The topological polar surface area (TPSA) is 50.8 Å². The summed E-state index contributed by atoms with van der Waals surface area (Å²) in [4.78, 5) is 15.3. The van der Waals surface area contributed by atoms with Gasteiger partial charge >= 0.3 is 6.36 Å². The summed E-state index contributed by atoms with van der Waals surface area (Å²) >= 11 is 6.07. The molecule has 2 atom stereocenters. The molecule has 1 amide bonds. The van der Waals surface area contributed by atoms with E-state index in [9.17, 15) is 18.0 Å². The lowest BCUT2D eigenvalue weighted by atomic mass is 9.83. The Labute approximate surface area is 224 Å². The number of ether oxygens (including phenoxy) is 2. The number of halogens is 4. The van der Waals surface area contributed by atoms with Gasteiger partial charge in [-0.25, -0.2) is 0 Å². The van der Waals surface area contributed by atoms with E-state index in [4.69, 9.17) is 16.3 Å². The molecule has 2 heterocycles. The lowest BCUT2D eigenvalue weighted by Gasteiger charge is -2.40. The van der Waals surface area contributed by atoms with Gasteiger partial charge < -0.3 is 14.4 Å². The molecule has 9 heteroatoms. The number of hydrogen-bond donors (Lipinski definition) is 1. The first-order valence-electron chi connectivity index (χ1n) is 12.5. The fraction of sp³-hybridized carbons (Fsp3) is 0.345. The van der Waals surface area contributed by atoms with E-state index in [1.807, 2.05) is 29.2 Å². The van der Waals surface area contributed by atoms with Crippen molar-refractivity contribution in [3.63, 3.8) is 0 Å². The van der Waals surface area contributed by atoms with Gasteiger partial charge in [0.2, 0.25) is 5.91 Å². The molecule has 200 valence electrons. The highest BCUT2D eigenvalue weighted by atomic mass is 35.5. The average molecular weight is 545 g/mol. The summed E-state index contributed by atoms with van der Waals surface area (Å²) in [5.41, 5.74) is 3.61. The van der Waals surface area contributed by atoms with Crippen molar-refractivity contribution in [2.24, 2.45) is 0 Å². The maximum atomic E-state index is 13.5. The molecule has 0 radical (unpaired) electrons. The zero-order valence-corrected chi connectivity index (χ0v) is 21.6. The first-order valence-corrected chi connectivity index (χ1v) is 12.9. The standard InChI is InChI=1S/C29H28ClF3N2O3/c1-19(27(36)35-16-14-28(15-17-35)25-5-3-2-4-22(25)18-37-28)34-26(20-6-10-23(30)11-7-20)21-8-12-24(13-9-21)38-29(31,32)33/h2-13,19,26,34H,14-18H2,1H3/t19-,26?/m1/s1. The van der Waals surface area contributed by atoms with Crippen LogP contribution in [0.15, 0.2) is 72.8 Å². The smallest absolute Gasteiger partial charge is 0.406 e. The predicted octanol–water partition coefficient (Wildman–Crippen LogP) is 6.35. The van der Waals surface area contributed by atoms with Crippen LogP contribution >= 0.6 is 11.6 Å². The first kappa shape index (κ1) is 26.5. The molecule has 0 saturated carbocycles. The van der Waals surface area contributed by atoms with Crippen molar-refractivity contribution in [3.8, 4) is 5.75 Å². The third-order valence-electron chi connectivity index (χ3n) is 7.33. The van der Waals surface area contributed by atoms with Crippen LogP contribution in [0.5, 0.6) is 5.75 Å². The van der Waals surface area contributed by atoms with Gasteiger partial charge in [-0.05, 0) is 66.3 Å². The Hall–Kier alpha value is -3.07. The van der Waals surface area contributed by atoms with E-state index >= 15 is 0 Å². The lowest BCUT2D eigenvalue weighted by molar-refractivity contribution is -0.274. The number of carbonyl (C=O) groups excluding carboxylic acids is 1. The predicted molar refractivity (Wildman–Crippen MR) is 138 cm³/mol. The Morgan fingerprint density at radius 3 is 2.24 bits per heavy atom. The van der Waals surface area contributed by atoms with E-state index in [1.54, 1.807) is 31.2 Å². The van der Waals surface area contributed by atoms with E-state index in [0.717, 1.165) is 18.4 Å². The van der Waals surface area contributed by atoms with Gasteiger partial charge in [0.05, 0.1) is 24.3 Å². The maximum Gasteiger partial charge on any atom is 0.573 e. The molecule has 1 N–H and O–H groups in total. The molecule has 3 aromatic rings. The second-order valence-electron chi connectivity index (χ2n) is 9.76. The zero-order chi connectivity index (χ0) is 26.9. The van der Waals surface area contributed by atoms with Crippen LogP contribution in [0.3, 0.4) is 0 Å². The van der Waals surface area contributed by atoms with Crippen molar-refractivity contribution in [1.82, 2.24) is 10.2 Å². The summed E-state index contributed by atoms with van der Waals surface area (Å²) in [5, 5.41) is 3.94. The third-order valence-corrected chi connectivity index (χ3v) is 7.58. The number of nitrogens with zero attached hydrogens (tertiary/aromatic N) is 1. The number of piperidine rings is 1. The number of hydrogen-bond acceptors (Lipinski definition) is 4. The Bertz CT molecular complexity index is 1270. The highest BCUT2D eigenvalue weighted by molar-refractivity contribution is 6.30. The van der Waals surface area contributed by atoms with Crippen molar-refractivity contribution in [1.29, 1.82) is 0 Å². The van der Waals surface area contributed by atoms with Crippen molar-refractivity contribution in [2.45, 2.75) is 50.4 Å². The average Bonchev–Trinajstić information content (AvgIpc) is 3.25. The first-order chi connectivity index (χ1) is 18.1. The molecule has 1 fully saturated rings. The SMILES string of the molecule is C[C@@H](NC(c1ccc(Cl)cc1)c1ccc(OC(F)(F)F)cc1)C(=O)N1CCC2(CC1)OCc1ccccc12. The normalized spacial score (nSPS) is 18.2. The second-order valence-corrected chi connectivity index (χ2v) is 10.2. The number of fused-ring (bicyclic) bond motifs is 2. The summed E-state index contributed by atoms with van der Waals surface area (Å²) in [6.07, 6.45) is -3.32. The summed E-state index contributed by atoms with van der Waals surface area (Å²) in [6.45, 7) is 3.55. The number of carbonyl (C=O) groups is 1. The minimum Gasteiger partial charge on any atom is -0.406 e. The molecule has 3 aromatic carbocycles. The highest BCUT2D eigenvalue weighted by Gasteiger charge is 2.43. The van der Waals surface area contributed by atoms with Crippen molar-refractivity contribution in [3.05, 3.63) is 100 Å². The molecule has 0 aliphatic carbocycles. The van der Waals surface area contributed by atoms with Gasteiger partial charge in [0.25, 0.3) is 0 Å². The van der Waals surface area contributed by atoms with Gasteiger partial charge in [-0.3, -0.25) is 10.1 Å². The number of amides is 1. The van der Waals surface area contributed by atoms with E-state index < -0.39 is 18.4 Å². The minimum atomic E-state index is -4.77. The van der Waals surface area contributed by atoms with Gasteiger partial charge in [0.15, 0.2) is 0 Å². The molecule has 1 spiro atoms. The number of benzene rings is 3. The lowest BCUT2D eigenvalue weighted by Crippen LogP contribution is -2.51. The number of likely N-dealkylation sites (tertiary alicyclic amines) is 1. The summed E-state index contributed by atoms with van der Waals surface area (Å²) in [6, 6.07) is 20.0. The monoisotopic (exact) mass is 544 g/mol. The summed E-state index contributed by atoms with van der Waals surface area (Å²) in [5.74, 6) is -0.347. The highest BCUT2D eigenvalue weighted by Crippen LogP contribution is 2.44. The van der Waals surface area contributed by atoms with Gasteiger partial charge in [-0.1, -0.05) is 60.1 Å².